The van der Waals surface area contributed by atoms with Crippen LogP contribution in [-0.2, 0) is 17.8 Å². The molecular weight excluding hydrogens is 377 g/mol. The highest BCUT2D eigenvalue weighted by Crippen LogP contribution is 2.16. The Hall–Kier alpha value is -2.38. The lowest BCUT2D eigenvalue weighted by molar-refractivity contribution is -0.124. The van der Waals surface area contributed by atoms with E-state index in [9.17, 15) is 9.90 Å². The van der Waals surface area contributed by atoms with Crippen molar-refractivity contribution in [1.82, 2.24) is 15.4 Å². The van der Waals surface area contributed by atoms with Crippen LogP contribution in [0.5, 0.6) is 0 Å². The Kier molecular flexibility index (Phi) is 8.28. The fourth-order valence-electron chi connectivity index (χ4n) is 2.44. The number of hydrogen-bond donors (Lipinski definition) is 4. The highest BCUT2D eigenvalue weighted by molar-refractivity contribution is 5.90. The molecule has 0 aliphatic carbocycles. The maximum atomic E-state index is 10.9. The minimum atomic E-state index is -0.566. The average molecular weight is 396 g/mol. The van der Waals surface area contributed by atoms with Crippen molar-refractivity contribution < 1.29 is 15.1 Å². The van der Waals surface area contributed by atoms with Gasteiger partial charge in [0, 0.05) is 12.5 Å². The van der Waals surface area contributed by atoms with E-state index in [0.717, 1.165) is 33.5 Å². The van der Waals surface area contributed by atoms with Gasteiger partial charge in [0.05, 0.1) is 17.6 Å². The quantitative estimate of drug-likeness (QED) is 0.303. The molecule has 0 bridgehead atoms. The molecule has 4 N–H and O–H groups in total. The molecular formula is C18H19Cl2N3O3. The fraction of sp³-hybridized carbons (Fsp3) is 0.111. The molecule has 1 heterocycles. The third-order valence-corrected chi connectivity index (χ3v) is 3.67. The number of nitrogens with one attached hydrogen (secondary N) is 2. The molecule has 0 fully saturated rings. The Balaban J connectivity index is 0.00000169. The summed E-state index contributed by atoms with van der Waals surface area (Å²) in [6.07, 6.45) is 3.53. The zero-order valence-electron chi connectivity index (χ0n) is 13.7. The third-order valence-electron chi connectivity index (χ3n) is 3.67. The number of halogens is 2. The number of aromatic amines is 1. The van der Waals surface area contributed by atoms with E-state index in [0.29, 0.717) is 6.42 Å². The van der Waals surface area contributed by atoms with Gasteiger partial charge in [0.2, 0.25) is 0 Å². The summed E-state index contributed by atoms with van der Waals surface area (Å²) < 4.78 is 0. The number of H-pyrrole nitrogens is 1. The van der Waals surface area contributed by atoms with E-state index in [-0.39, 0.29) is 31.4 Å². The van der Waals surface area contributed by atoms with Crippen molar-refractivity contribution in [3.63, 3.8) is 0 Å². The molecule has 0 saturated heterocycles. The summed E-state index contributed by atoms with van der Waals surface area (Å²) in [5.74, 6) is 0.284. The van der Waals surface area contributed by atoms with Crippen molar-refractivity contribution in [3.8, 4) is 0 Å². The molecule has 0 unspecified atom stereocenters. The number of hydrogen-bond acceptors (Lipinski definition) is 4. The Bertz CT molecular complexity index is 892. The van der Waals surface area contributed by atoms with Crippen LogP contribution >= 0.6 is 24.8 Å². The van der Waals surface area contributed by atoms with Crippen LogP contribution in [-0.4, -0.2) is 26.2 Å². The summed E-state index contributed by atoms with van der Waals surface area (Å²) in [4.78, 5) is 18.8. The number of hydroxylamine groups is 1. The summed E-state index contributed by atoms with van der Waals surface area (Å²) in [7, 11) is 0. The van der Waals surface area contributed by atoms with E-state index in [1.807, 2.05) is 42.5 Å². The average Bonchev–Trinajstić information content (AvgIpc) is 3.02. The van der Waals surface area contributed by atoms with E-state index in [1.165, 1.54) is 6.08 Å². The van der Waals surface area contributed by atoms with Crippen molar-refractivity contribution in [2.24, 2.45) is 0 Å². The first-order valence-corrected chi connectivity index (χ1v) is 7.47. The monoisotopic (exact) mass is 395 g/mol. The van der Waals surface area contributed by atoms with E-state index >= 15 is 0 Å². The fourth-order valence-corrected chi connectivity index (χ4v) is 2.44. The molecule has 3 aromatic rings. The Labute approximate surface area is 162 Å². The summed E-state index contributed by atoms with van der Waals surface area (Å²) in [6, 6.07) is 13.3. The van der Waals surface area contributed by atoms with Gasteiger partial charge in [-0.3, -0.25) is 10.0 Å². The molecule has 2 aromatic carbocycles. The summed E-state index contributed by atoms with van der Waals surface area (Å²) in [5, 5.41) is 17.6. The highest BCUT2D eigenvalue weighted by atomic mass is 35.5. The van der Waals surface area contributed by atoms with Crippen LogP contribution in [0.3, 0.4) is 0 Å². The van der Waals surface area contributed by atoms with Crippen LogP contribution in [0.15, 0.2) is 48.5 Å². The van der Waals surface area contributed by atoms with Gasteiger partial charge in [0.1, 0.15) is 5.82 Å². The number of benzene rings is 2. The van der Waals surface area contributed by atoms with Gasteiger partial charge in [-0.1, -0.05) is 30.3 Å². The predicted octanol–water partition coefficient (Wildman–Crippen LogP) is 3.01. The minimum absolute atomic E-state index is 0. The lowest BCUT2D eigenvalue weighted by Gasteiger charge is -1.99. The van der Waals surface area contributed by atoms with Gasteiger partial charge in [0.15, 0.2) is 0 Å². The Morgan fingerprint density at radius 1 is 1.12 bits per heavy atom. The summed E-state index contributed by atoms with van der Waals surface area (Å²) >= 11 is 0. The van der Waals surface area contributed by atoms with Crippen molar-refractivity contribution in [3.05, 3.63) is 71.1 Å². The van der Waals surface area contributed by atoms with E-state index in [4.69, 9.17) is 5.21 Å². The molecule has 0 atom stereocenters. The molecule has 6 nitrogen and oxygen atoms in total. The number of rotatable bonds is 5. The lowest BCUT2D eigenvalue weighted by atomic mass is 10.1. The first-order chi connectivity index (χ1) is 11.7. The molecule has 0 saturated carbocycles. The number of aliphatic hydroxyl groups excluding tert-OH is 1. The van der Waals surface area contributed by atoms with E-state index in [1.54, 1.807) is 11.6 Å². The number of carbonyl (C=O) groups excluding carboxylic acids is 1. The van der Waals surface area contributed by atoms with Crippen LogP contribution in [0.1, 0.15) is 22.5 Å². The standard InChI is InChI=1S/C18H17N3O3.2ClH/c22-11-14-5-7-15-16(9-14)20-17(19-15)10-13-3-1-12(2-4-13)6-8-18(23)21-24;;/h1-9,22,24H,10-11H2,(H,19,20)(H,21,23);2*1H/b8-6+;;. The number of nitrogens with zero attached hydrogens (tertiary/aromatic N) is 1. The third kappa shape index (κ3) is 5.31. The molecule has 138 valence electrons. The van der Waals surface area contributed by atoms with Crippen molar-refractivity contribution in [2.75, 3.05) is 0 Å². The van der Waals surface area contributed by atoms with Gasteiger partial charge in [-0.2, -0.15) is 0 Å². The van der Waals surface area contributed by atoms with Crippen LogP contribution in [0.4, 0.5) is 0 Å². The van der Waals surface area contributed by atoms with Gasteiger partial charge >= 0.3 is 0 Å². The minimum Gasteiger partial charge on any atom is -0.392 e. The first kappa shape index (κ1) is 21.7. The normalized spacial score (nSPS) is 10.4. The highest BCUT2D eigenvalue weighted by Gasteiger charge is 2.05. The van der Waals surface area contributed by atoms with Crippen LogP contribution in [0.25, 0.3) is 17.1 Å². The maximum Gasteiger partial charge on any atom is 0.267 e. The molecule has 0 aliphatic heterocycles. The largest absolute Gasteiger partial charge is 0.392 e. The first-order valence-electron chi connectivity index (χ1n) is 7.47. The van der Waals surface area contributed by atoms with E-state index < -0.39 is 5.91 Å². The molecule has 8 heteroatoms. The molecule has 0 radical (unpaired) electrons. The molecule has 1 amide bonds. The number of imidazole rings is 1. The topological polar surface area (TPSA) is 98.2 Å². The predicted molar refractivity (Wildman–Crippen MR) is 105 cm³/mol. The number of amides is 1. The van der Waals surface area contributed by atoms with Gasteiger partial charge in [0.25, 0.3) is 5.91 Å². The van der Waals surface area contributed by atoms with Gasteiger partial charge in [-0.25, -0.2) is 10.5 Å². The lowest BCUT2D eigenvalue weighted by Crippen LogP contribution is -2.14. The number of aromatic nitrogens is 2. The Morgan fingerprint density at radius 2 is 1.81 bits per heavy atom. The van der Waals surface area contributed by atoms with Crippen molar-refractivity contribution >= 4 is 47.8 Å². The second-order valence-corrected chi connectivity index (χ2v) is 5.42. The molecule has 3 rings (SSSR count). The summed E-state index contributed by atoms with van der Waals surface area (Å²) in [5.41, 5.74) is 6.12. The Morgan fingerprint density at radius 3 is 2.46 bits per heavy atom. The van der Waals surface area contributed by atoms with Crippen molar-refractivity contribution in [2.45, 2.75) is 13.0 Å². The number of fused-ring (bicyclic) bond motifs is 1. The molecule has 0 spiro atoms. The maximum absolute atomic E-state index is 10.9. The van der Waals surface area contributed by atoms with Crippen LogP contribution in [0.2, 0.25) is 0 Å². The zero-order chi connectivity index (χ0) is 16.9. The van der Waals surface area contributed by atoms with Crippen LogP contribution in [0, 0.1) is 0 Å². The molecule has 1 aromatic heterocycles. The zero-order valence-corrected chi connectivity index (χ0v) is 15.3. The summed E-state index contributed by atoms with van der Waals surface area (Å²) in [6.45, 7) is 0.00752. The number of aliphatic hydroxyl groups is 1. The van der Waals surface area contributed by atoms with Gasteiger partial charge in [-0.15, -0.1) is 24.8 Å². The van der Waals surface area contributed by atoms with Gasteiger partial charge < -0.3 is 10.1 Å². The number of carbonyl (C=O) groups is 1. The van der Waals surface area contributed by atoms with Crippen LogP contribution < -0.4 is 5.48 Å². The SMILES string of the molecule is Cl.Cl.O=C(/C=C/c1ccc(Cc2nc3ccc(CO)cc3[nH]2)cc1)NO. The smallest absolute Gasteiger partial charge is 0.267 e. The molecule has 26 heavy (non-hydrogen) atoms. The van der Waals surface area contributed by atoms with E-state index in [2.05, 4.69) is 9.97 Å². The van der Waals surface area contributed by atoms with Crippen molar-refractivity contribution in [1.29, 1.82) is 0 Å². The second kappa shape index (κ2) is 9.94. The van der Waals surface area contributed by atoms with Gasteiger partial charge in [-0.05, 0) is 34.9 Å². The second-order valence-electron chi connectivity index (χ2n) is 5.42. The molecule has 0 aliphatic rings.